The van der Waals surface area contributed by atoms with Crippen molar-refractivity contribution in [3.63, 3.8) is 0 Å². The number of halogens is 1. The standard InChI is InChI=1S/C25H31FN2O3/c1-30-23-15-22(16-24(17-23)31-2)27-25(29)12-9-20-6-4-14-28(18-20)13-3-5-19-7-10-21(26)11-8-19/h3,5,7-8,10-11,15-17,20H,4,6,9,12-14,18H2,1-2H3,(H,27,29). The molecular weight excluding hydrogens is 395 g/mol. The van der Waals surface area contributed by atoms with Crippen molar-refractivity contribution in [2.24, 2.45) is 5.92 Å². The van der Waals surface area contributed by atoms with Crippen molar-refractivity contribution >= 4 is 17.7 Å². The van der Waals surface area contributed by atoms with Crippen LogP contribution in [0.1, 0.15) is 31.2 Å². The molecule has 1 unspecified atom stereocenters. The number of carbonyl (C=O) groups is 1. The number of ether oxygens (including phenoxy) is 2. The van der Waals surface area contributed by atoms with E-state index in [1.165, 1.54) is 12.1 Å². The molecule has 1 aliphatic heterocycles. The van der Waals surface area contributed by atoms with Crippen LogP contribution in [0.15, 0.2) is 48.5 Å². The third kappa shape index (κ3) is 7.40. The van der Waals surface area contributed by atoms with Crippen molar-refractivity contribution in [1.82, 2.24) is 4.90 Å². The highest BCUT2D eigenvalue weighted by Gasteiger charge is 2.20. The average molecular weight is 427 g/mol. The first-order valence-corrected chi connectivity index (χ1v) is 10.7. The molecule has 1 aliphatic rings. The molecule has 1 fully saturated rings. The second kappa shape index (κ2) is 11.5. The number of anilines is 1. The van der Waals surface area contributed by atoms with Crippen LogP contribution in [-0.2, 0) is 4.79 Å². The van der Waals surface area contributed by atoms with Crippen molar-refractivity contribution in [3.8, 4) is 11.5 Å². The monoisotopic (exact) mass is 426 g/mol. The maximum absolute atomic E-state index is 13.0. The van der Waals surface area contributed by atoms with Crippen LogP contribution in [0.25, 0.3) is 6.08 Å². The summed E-state index contributed by atoms with van der Waals surface area (Å²) < 4.78 is 23.5. The molecule has 0 bridgehead atoms. The van der Waals surface area contributed by atoms with Crippen molar-refractivity contribution in [2.75, 3.05) is 39.2 Å². The minimum Gasteiger partial charge on any atom is -0.497 e. The van der Waals surface area contributed by atoms with Crippen molar-refractivity contribution in [3.05, 3.63) is 59.9 Å². The van der Waals surface area contributed by atoms with E-state index in [1.54, 1.807) is 44.6 Å². The molecule has 31 heavy (non-hydrogen) atoms. The summed E-state index contributed by atoms with van der Waals surface area (Å²) in [5.74, 6) is 1.59. The number of benzene rings is 2. The Labute approximate surface area is 183 Å². The van der Waals surface area contributed by atoms with E-state index in [4.69, 9.17) is 9.47 Å². The fourth-order valence-corrected chi connectivity index (χ4v) is 3.90. The van der Waals surface area contributed by atoms with Crippen molar-refractivity contribution in [1.29, 1.82) is 0 Å². The van der Waals surface area contributed by atoms with Gasteiger partial charge in [-0.2, -0.15) is 0 Å². The summed E-state index contributed by atoms with van der Waals surface area (Å²) in [7, 11) is 3.17. The van der Waals surface area contributed by atoms with Crippen LogP contribution in [0.4, 0.5) is 10.1 Å². The Kier molecular flexibility index (Phi) is 8.47. The number of hydrogen-bond acceptors (Lipinski definition) is 4. The summed E-state index contributed by atoms with van der Waals surface area (Å²) in [6.45, 7) is 2.93. The lowest BCUT2D eigenvalue weighted by Gasteiger charge is -2.31. The van der Waals surface area contributed by atoms with Gasteiger partial charge in [0, 0.05) is 43.4 Å². The topological polar surface area (TPSA) is 50.8 Å². The second-order valence-corrected chi connectivity index (χ2v) is 7.91. The number of piperidine rings is 1. The minimum absolute atomic E-state index is 0.00337. The van der Waals surface area contributed by atoms with Gasteiger partial charge in [0.1, 0.15) is 17.3 Å². The van der Waals surface area contributed by atoms with Crippen molar-refractivity contribution in [2.45, 2.75) is 25.7 Å². The smallest absolute Gasteiger partial charge is 0.224 e. The maximum atomic E-state index is 13.0. The maximum Gasteiger partial charge on any atom is 0.224 e. The van der Waals surface area contributed by atoms with Gasteiger partial charge in [-0.3, -0.25) is 9.69 Å². The summed E-state index contributed by atoms with van der Waals surface area (Å²) in [5, 5.41) is 2.95. The van der Waals surface area contributed by atoms with Crippen LogP contribution in [0, 0.1) is 11.7 Å². The second-order valence-electron chi connectivity index (χ2n) is 7.91. The molecule has 0 spiro atoms. The van der Waals surface area contributed by atoms with Crippen LogP contribution in [0.3, 0.4) is 0 Å². The van der Waals surface area contributed by atoms with E-state index in [1.807, 2.05) is 6.08 Å². The quantitative estimate of drug-likeness (QED) is 0.614. The minimum atomic E-state index is -0.217. The summed E-state index contributed by atoms with van der Waals surface area (Å²) in [6.07, 6.45) is 7.80. The third-order valence-electron chi connectivity index (χ3n) is 5.56. The number of amides is 1. The van der Waals surface area contributed by atoms with Gasteiger partial charge in [-0.25, -0.2) is 4.39 Å². The first-order chi connectivity index (χ1) is 15.1. The zero-order valence-corrected chi connectivity index (χ0v) is 18.3. The van der Waals surface area contributed by atoms with Crippen LogP contribution in [0.5, 0.6) is 11.5 Å². The molecule has 1 atom stereocenters. The van der Waals surface area contributed by atoms with Crippen molar-refractivity contribution < 1.29 is 18.7 Å². The molecule has 0 radical (unpaired) electrons. The number of likely N-dealkylation sites (tertiary alicyclic amines) is 1. The number of nitrogens with one attached hydrogen (secondary N) is 1. The highest BCUT2D eigenvalue weighted by atomic mass is 19.1. The molecule has 2 aromatic rings. The zero-order valence-electron chi connectivity index (χ0n) is 18.3. The summed E-state index contributed by atoms with van der Waals surface area (Å²) in [5.41, 5.74) is 1.68. The van der Waals surface area contributed by atoms with E-state index in [-0.39, 0.29) is 11.7 Å². The van der Waals surface area contributed by atoms with Crippen LogP contribution in [0.2, 0.25) is 0 Å². The highest BCUT2D eigenvalue weighted by molar-refractivity contribution is 5.91. The first kappa shape index (κ1) is 22.8. The molecule has 1 saturated heterocycles. The van der Waals surface area contributed by atoms with Gasteiger partial charge in [-0.15, -0.1) is 0 Å². The molecule has 0 aromatic heterocycles. The SMILES string of the molecule is COc1cc(NC(=O)CCC2CCCN(CC=Cc3ccc(F)cc3)C2)cc(OC)c1. The van der Waals surface area contributed by atoms with E-state index < -0.39 is 0 Å². The lowest BCUT2D eigenvalue weighted by Crippen LogP contribution is -2.35. The summed E-state index contributed by atoms with van der Waals surface area (Å²) in [6, 6.07) is 11.9. The average Bonchev–Trinajstić information content (AvgIpc) is 2.79. The van der Waals surface area contributed by atoms with Gasteiger partial charge in [-0.05, 0) is 49.4 Å². The normalized spacial score (nSPS) is 16.9. The van der Waals surface area contributed by atoms with E-state index >= 15 is 0 Å². The van der Waals surface area contributed by atoms with Gasteiger partial charge in [0.2, 0.25) is 5.91 Å². The lowest BCUT2D eigenvalue weighted by atomic mass is 9.93. The number of nitrogens with zero attached hydrogens (tertiary/aromatic N) is 1. The largest absolute Gasteiger partial charge is 0.497 e. The molecule has 0 aliphatic carbocycles. The molecule has 2 aromatic carbocycles. The predicted octanol–water partition coefficient (Wildman–Crippen LogP) is 4.99. The lowest BCUT2D eigenvalue weighted by molar-refractivity contribution is -0.116. The number of methoxy groups -OCH3 is 2. The zero-order chi connectivity index (χ0) is 22.1. The van der Waals surface area contributed by atoms with Gasteiger partial charge in [0.05, 0.1) is 14.2 Å². The van der Waals surface area contributed by atoms with Crippen LogP contribution in [-0.4, -0.2) is 44.7 Å². The number of carbonyl (C=O) groups excluding carboxylic acids is 1. The Morgan fingerprint density at radius 1 is 1.16 bits per heavy atom. The fraction of sp³-hybridized carbons (Fsp3) is 0.400. The third-order valence-corrected chi connectivity index (χ3v) is 5.56. The van der Waals surface area contributed by atoms with E-state index in [0.717, 1.165) is 44.5 Å². The molecular formula is C25H31FN2O3. The summed E-state index contributed by atoms with van der Waals surface area (Å²) in [4.78, 5) is 14.9. The van der Waals surface area contributed by atoms with Crippen LogP contribution < -0.4 is 14.8 Å². The molecule has 1 heterocycles. The van der Waals surface area contributed by atoms with Gasteiger partial charge < -0.3 is 14.8 Å². The predicted molar refractivity (Wildman–Crippen MR) is 122 cm³/mol. The van der Waals surface area contributed by atoms with Gasteiger partial charge >= 0.3 is 0 Å². The molecule has 0 saturated carbocycles. The Morgan fingerprint density at radius 2 is 1.87 bits per heavy atom. The number of rotatable bonds is 9. The Morgan fingerprint density at radius 3 is 2.55 bits per heavy atom. The summed E-state index contributed by atoms with van der Waals surface area (Å²) >= 11 is 0. The van der Waals surface area contributed by atoms with Gasteiger partial charge in [0.25, 0.3) is 0 Å². The number of hydrogen-bond donors (Lipinski definition) is 1. The molecule has 6 heteroatoms. The van der Waals surface area contributed by atoms with E-state index in [0.29, 0.717) is 29.5 Å². The molecule has 3 rings (SSSR count). The van der Waals surface area contributed by atoms with E-state index in [2.05, 4.69) is 16.3 Å². The molecule has 1 amide bonds. The first-order valence-electron chi connectivity index (χ1n) is 10.7. The Balaban J connectivity index is 1.44. The fourth-order valence-electron chi connectivity index (χ4n) is 3.90. The van der Waals surface area contributed by atoms with E-state index in [9.17, 15) is 9.18 Å². The highest BCUT2D eigenvalue weighted by Crippen LogP contribution is 2.26. The van der Waals surface area contributed by atoms with Gasteiger partial charge in [-0.1, -0.05) is 24.3 Å². The Hall–Kier alpha value is -2.86. The molecule has 166 valence electrons. The van der Waals surface area contributed by atoms with Gasteiger partial charge in [0.15, 0.2) is 0 Å². The molecule has 1 N–H and O–H groups in total. The van der Waals surface area contributed by atoms with Crippen LogP contribution >= 0.6 is 0 Å². The Bertz CT molecular complexity index is 861. The molecule has 5 nitrogen and oxygen atoms in total.